The summed E-state index contributed by atoms with van der Waals surface area (Å²) in [7, 11) is -3.65. The molecule has 1 amide bonds. The van der Waals surface area contributed by atoms with Crippen molar-refractivity contribution >= 4 is 56.3 Å². The Kier molecular flexibility index (Phi) is 9.57. The molecule has 0 saturated carbocycles. The summed E-state index contributed by atoms with van der Waals surface area (Å²) in [6.07, 6.45) is 8.32. The standard InChI is InChI=1S/C30H32N4O5S3/c35-27(36)15-6-2-9-18-33-29(37)26(41-30(33)40)20-23-21-34(24-12-4-1-5-13-24)31-28(23)22-11-10-14-25(19-22)42(38,39)32-16-7-3-8-17-32/h1,4-5,10-14,19-21H,2-3,6-9,15-18H2,(H,35,36)/b26-20-. The summed E-state index contributed by atoms with van der Waals surface area (Å²) in [5.74, 6) is -1.03. The molecule has 2 aromatic carbocycles. The minimum Gasteiger partial charge on any atom is -0.481 e. The van der Waals surface area contributed by atoms with E-state index in [0.29, 0.717) is 64.9 Å². The summed E-state index contributed by atoms with van der Waals surface area (Å²) in [6, 6.07) is 16.4. The van der Waals surface area contributed by atoms with E-state index in [1.807, 2.05) is 42.6 Å². The molecular formula is C30H32N4O5S3. The number of aliphatic carboxylic acids is 1. The van der Waals surface area contributed by atoms with Gasteiger partial charge in [-0.05, 0) is 56.0 Å². The van der Waals surface area contributed by atoms with E-state index in [4.69, 9.17) is 22.4 Å². The first-order valence-corrected chi connectivity index (χ1v) is 16.6. The number of carboxylic acid groups (broad SMARTS) is 1. The average Bonchev–Trinajstić information content (AvgIpc) is 3.54. The number of nitrogens with zero attached hydrogens (tertiary/aromatic N) is 4. The molecule has 0 atom stereocenters. The first-order chi connectivity index (χ1) is 20.2. The molecule has 0 radical (unpaired) electrons. The zero-order valence-electron chi connectivity index (χ0n) is 23.0. The number of thiocarbonyl (C=S) groups is 1. The number of hydrogen-bond acceptors (Lipinski definition) is 7. The zero-order chi connectivity index (χ0) is 29.7. The van der Waals surface area contributed by atoms with Gasteiger partial charge in [0.15, 0.2) is 0 Å². The highest BCUT2D eigenvalue weighted by Crippen LogP contribution is 2.36. The number of amides is 1. The summed E-state index contributed by atoms with van der Waals surface area (Å²) in [6.45, 7) is 1.46. The minimum absolute atomic E-state index is 0.104. The van der Waals surface area contributed by atoms with Gasteiger partial charge in [-0.25, -0.2) is 13.1 Å². The molecule has 2 aliphatic heterocycles. The summed E-state index contributed by atoms with van der Waals surface area (Å²) >= 11 is 6.72. The molecule has 42 heavy (non-hydrogen) atoms. The number of carbonyl (C=O) groups is 2. The van der Waals surface area contributed by atoms with Crippen LogP contribution in [0, 0.1) is 0 Å². The van der Waals surface area contributed by atoms with Gasteiger partial charge in [0.2, 0.25) is 10.0 Å². The Hall–Kier alpha value is -3.32. The van der Waals surface area contributed by atoms with Crippen molar-refractivity contribution in [2.75, 3.05) is 19.6 Å². The Morgan fingerprint density at radius 1 is 1.02 bits per heavy atom. The van der Waals surface area contributed by atoms with E-state index >= 15 is 0 Å². The molecule has 2 aliphatic rings. The fourth-order valence-electron chi connectivity index (χ4n) is 5.05. The Morgan fingerprint density at radius 3 is 2.52 bits per heavy atom. The van der Waals surface area contributed by atoms with Crippen LogP contribution in [0.2, 0.25) is 0 Å². The maximum absolute atomic E-state index is 13.4. The van der Waals surface area contributed by atoms with Crippen molar-refractivity contribution in [3.05, 3.63) is 71.3 Å². The second kappa shape index (κ2) is 13.3. The van der Waals surface area contributed by atoms with Crippen LogP contribution in [0.5, 0.6) is 0 Å². The maximum Gasteiger partial charge on any atom is 0.303 e. The Balaban J connectivity index is 1.46. The number of benzene rings is 2. The van der Waals surface area contributed by atoms with Crippen LogP contribution in [-0.2, 0) is 19.6 Å². The van der Waals surface area contributed by atoms with Crippen LogP contribution in [0.1, 0.15) is 50.5 Å². The highest BCUT2D eigenvalue weighted by Gasteiger charge is 2.32. The van der Waals surface area contributed by atoms with E-state index < -0.39 is 16.0 Å². The largest absolute Gasteiger partial charge is 0.481 e. The molecule has 1 N–H and O–H groups in total. The molecule has 9 nitrogen and oxygen atoms in total. The van der Waals surface area contributed by atoms with E-state index in [9.17, 15) is 18.0 Å². The van der Waals surface area contributed by atoms with Gasteiger partial charge in [0.05, 0.1) is 15.5 Å². The lowest BCUT2D eigenvalue weighted by atomic mass is 10.1. The van der Waals surface area contributed by atoms with Gasteiger partial charge >= 0.3 is 5.97 Å². The van der Waals surface area contributed by atoms with Gasteiger partial charge in [0, 0.05) is 43.4 Å². The third-order valence-corrected chi connectivity index (χ3v) is 10.5. The van der Waals surface area contributed by atoms with Crippen LogP contribution in [0.4, 0.5) is 0 Å². The number of para-hydroxylation sites is 1. The molecule has 0 bridgehead atoms. The zero-order valence-corrected chi connectivity index (χ0v) is 25.5. The van der Waals surface area contributed by atoms with Gasteiger partial charge in [-0.2, -0.15) is 9.40 Å². The summed E-state index contributed by atoms with van der Waals surface area (Å²) in [5, 5.41) is 13.7. The third kappa shape index (κ3) is 6.83. The van der Waals surface area contributed by atoms with Crippen molar-refractivity contribution in [3.63, 3.8) is 0 Å². The summed E-state index contributed by atoms with van der Waals surface area (Å²) < 4.78 is 30.6. The first kappa shape index (κ1) is 30.1. The van der Waals surface area contributed by atoms with Crippen LogP contribution in [0.25, 0.3) is 23.0 Å². The van der Waals surface area contributed by atoms with Crippen LogP contribution < -0.4 is 0 Å². The molecular weight excluding hydrogens is 593 g/mol. The highest BCUT2D eigenvalue weighted by molar-refractivity contribution is 8.26. The number of rotatable bonds is 11. The first-order valence-electron chi connectivity index (χ1n) is 14.0. The molecule has 0 spiro atoms. The number of piperidine rings is 1. The number of carboxylic acids is 1. The number of carbonyl (C=O) groups excluding carboxylic acids is 1. The fraction of sp³-hybridized carbons (Fsp3) is 0.333. The van der Waals surface area contributed by atoms with E-state index in [2.05, 4.69) is 0 Å². The van der Waals surface area contributed by atoms with Crippen LogP contribution in [0.3, 0.4) is 0 Å². The van der Waals surface area contributed by atoms with Crippen molar-refractivity contribution in [2.24, 2.45) is 0 Å². The lowest BCUT2D eigenvalue weighted by molar-refractivity contribution is -0.137. The quantitative estimate of drug-likeness (QED) is 0.168. The van der Waals surface area contributed by atoms with Gasteiger partial charge in [0.25, 0.3) is 5.91 Å². The molecule has 5 rings (SSSR count). The number of thioether (sulfide) groups is 1. The number of unbranched alkanes of at least 4 members (excludes halogenated alkanes) is 2. The number of sulfonamides is 1. The van der Waals surface area contributed by atoms with Crippen molar-refractivity contribution in [1.82, 2.24) is 19.0 Å². The van der Waals surface area contributed by atoms with Crippen molar-refractivity contribution in [1.29, 1.82) is 0 Å². The van der Waals surface area contributed by atoms with E-state index in [1.54, 1.807) is 38.2 Å². The predicted octanol–water partition coefficient (Wildman–Crippen LogP) is 5.56. The lowest BCUT2D eigenvalue weighted by Crippen LogP contribution is -2.35. The summed E-state index contributed by atoms with van der Waals surface area (Å²) in [4.78, 5) is 26.3. The second-order valence-electron chi connectivity index (χ2n) is 10.2. The van der Waals surface area contributed by atoms with Gasteiger partial charge in [-0.15, -0.1) is 0 Å². The van der Waals surface area contributed by atoms with Gasteiger partial charge in [-0.3, -0.25) is 14.5 Å². The topological polar surface area (TPSA) is 113 Å². The Morgan fingerprint density at radius 2 is 1.79 bits per heavy atom. The molecule has 2 saturated heterocycles. The maximum atomic E-state index is 13.4. The molecule has 1 aromatic heterocycles. The highest BCUT2D eigenvalue weighted by atomic mass is 32.2. The van der Waals surface area contributed by atoms with Crippen molar-refractivity contribution in [3.8, 4) is 16.9 Å². The van der Waals surface area contributed by atoms with Crippen LogP contribution >= 0.6 is 24.0 Å². The summed E-state index contributed by atoms with van der Waals surface area (Å²) in [5.41, 5.74) is 2.66. The molecule has 2 fully saturated rings. The lowest BCUT2D eigenvalue weighted by Gasteiger charge is -2.26. The smallest absolute Gasteiger partial charge is 0.303 e. The number of hydrogen-bond donors (Lipinski definition) is 1. The SMILES string of the molecule is O=C(O)CCCCCN1C(=O)/C(=C/c2cn(-c3ccccc3)nc2-c2cccc(S(=O)(=O)N3CCCCC3)c2)SC1=S. The monoisotopic (exact) mass is 624 g/mol. The van der Waals surface area contributed by atoms with Crippen molar-refractivity contribution < 1.29 is 23.1 Å². The Labute approximate surface area is 255 Å². The van der Waals surface area contributed by atoms with Gasteiger partial charge < -0.3 is 5.11 Å². The molecule has 12 heteroatoms. The fourth-order valence-corrected chi connectivity index (χ4v) is 7.91. The third-order valence-electron chi connectivity index (χ3n) is 7.26. The van der Waals surface area contributed by atoms with E-state index in [1.165, 1.54) is 11.8 Å². The minimum atomic E-state index is -3.65. The van der Waals surface area contributed by atoms with Crippen LogP contribution in [0.15, 0.2) is 70.6 Å². The molecule has 220 valence electrons. The van der Waals surface area contributed by atoms with Gasteiger partial charge in [0.1, 0.15) is 10.0 Å². The second-order valence-corrected chi connectivity index (χ2v) is 13.9. The van der Waals surface area contributed by atoms with E-state index in [-0.39, 0.29) is 17.2 Å². The molecule has 0 aliphatic carbocycles. The van der Waals surface area contributed by atoms with Crippen molar-refractivity contribution in [2.45, 2.75) is 49.8 Å². The van der Waals surface area contributed by atoms with Crippen LogP contribution in [-0.4, -0.2) is 68.3 Å². The molecule has 3 heterocycles. The number of aromatic nitrogens is 2. The molecule has 3 aromatic rings. The molecule has 0 unspecified atom stereocenters. The van der Waals surface area contributed by atoms with Gasteiger partial charge in [-0.1, -0.05) is 67.2 Å². The Bertz CT molecular complexity index is 1610. The normalized spacial score (nSPS) is 17.3. The predicted molar refractivity (Wildman–Crippen MR) is 168 cm³/mol. The average molecular weight is 625 g/mol. The van der Waals surface area contributed by atoms with E-state index in [0.717, 1.165) is 24.9 Å².